The van der Waals surface area contributed by atoms with Crippen LogP contribution in [0.25, 0.3) is 0 Å². The largest absolute Gasteiger partial charge is 0.353 e. The van der Waals surface area contributed by atoms with E-state index in [2.05, 4.69) is 11.6 Å². The number of rotatable bonds is 4. The zero-order valence-electron chi connectivity index (χ0n) is 6.08. The van der Waals surface area contributed by atoms with Crippen molar-refractivity contribution >= 4 is 22.7 Å². The van der Waals surface area contributed by atoms with E-state index in [9.17, 15) is 17.4 Å². The van der Waals surface area contributed by atoms with Gasteiger partial charge in [0.15, 0.2) is 17.3 Å². The van der Waals surface area contributed by atoms with Crippen LogP contribution in [0.4, 0.5) is 13.2 Å². The Balaban J connectivity index is 4.58. The second kappa shape index (κ2) is 4.79. The first-order chi connectivity index (χ1) is 5.80. The van der Waals surface area contributed by atoms with Crippen LogP contribution in [-0.2, 0) is 11.1 Å². The number of alkyl halides is 4. The van der Waals surface area contributed by atoms with Crippen LogP contribution in [0.1, 0.15) is 6.42 Å². The summed E-state index contributed by atoms with van der Waals surface area (Å²) in [5.74, 6) is 0. The first-order valence-corrected chi connectivity index (χ1v) is 4.53. The molecular formula is C5H5ClF3NO2S. The first-order valence-electron chi connectivity index (χ1n) is 2.98. The predicted octanol–water partition coefficient (Wildman–Crippen LogP) is 1.66. The molecule has 0 aliphatic carbocycles. The predicted molar refractivity (Wildman–Crippen MR) is 40.5 cm³/mol. The molecule has 0 radical (unpaired) electrons. The van der Waals surface area contributed by atoms with Gasteiger partial charge in [-0.3, -0.25) is 0 Å². The fourth-order valence-corrected chi connectivity index (χ4v) is 1.40. The van der Waals surface area contributed by atoms with Crippen LogP contribution in [0, 0.1) is 11.3 Å². The van der Waals surface area contributed by atoms with Gasteiger partial charge in [-0.15, -0.1) is 0 Å². The summed E-state index contributed by atoms with van der Waals surface area (Å²) in [6.45, 7) is 0. The Kier molecular flexibility index (Phi) is 4.67. The summed E-state index contributed by atoms with van der Waals surface area (Å²) < 4.78 is 55.5. The maximum Gasteiger partial charge on any atom is 0.353 e. The maximum atomic E-state index is 12.6. The van der Waals surface area contributed by atoms with Gasteiger partial charge >= 0.3 is 5.38 Å². The van der Waals surface area contributed by atoms with Crippen LogP contribution >= 0.6 is 11.6 Å². The van der Waals surface area contributed by atoms with Crippen molar-refractivity contribution in [2.24, 2.45) is 0 Å². The number of nitriles is 1. The molecule has 76 valence electrons. The quantitative estimate of drug-likeness (QED) is 0.595. The average Bonchev–Trinajstić information content (AvgIpc) is 1.96. The molecule has 0 aromatic rings. The SMILES string of the molecule is N#CCC(C(F)C(F)(F)Cl)S(=O)O. The summed E-state index contributed by atoms with van der Waals surface area (Å²) in [5.41, 5.74) is 0. The molecule has 0 amide bonds. The molecule has 0 rings (SSSR count). The molecule has 0 aromatic carbocycles. The summed E-state index contributed by atoms with van der Waals surface area (Å²) in [4.78, 5) is 0. The maximum absolute atomic E-state index is 12.6. The Morgan fingerprint density at radius 2 is 2.15 bits per heavy atom. The molecule has 13 heavy (non-hydrogen) atoms. The van der Waals surface area contributed by atoms with E-state index >= 15 is 0 Å². The third-order valence-electron chi connectivity index (χ3n) is 1.19. The van der Waals surface area contributed by atoms with Gasteiger partial charge in [0.1, 0.15) is 5.25 Å². The van der Waals surface area contributed by atoms with Crippen LogP contribution < -0.4 is 0 Å². The molecule has 8 heteroatoms. The smallest absolute Gasteiger partial charge is 0.306 e. The van der Waals surface area contributed by atoms with Gasteiger partial charge in [-0.25, -0.2) is 8.60 Å². The van der Waals surface area contributed by atoms with Crippen LogP contribution in [0.15, 0.2) is 0 Å². The highest BCUT2D eigenvalue weighted by Crippen LogP contribution is 2.31. The Hall–Kier alpha value is -0.320. The zero-order valence-corrected chi connectivity index (χ0v) is 7.66. The average molecular weight is 236 g/mol. The topological polar surface area (TPSA) is 61.1 Å². The Morgan fingerprint density at radius 1 is 1.69 bits per heavy atom. The van der Waals surface area contributed by atoms with E-state index in [-0.39, 0.29) is 0 Å². The Bertz CT molecular complexity index is 239. The van der Waals surface area contributed by atoms with Gasteiger partial charge in [0.05, 0.1) is 12.5 Å². The van der Waals surface area contributed by atoms with Gasteiger partial charge < -0.3 is 4.55 Å². The van der Waals surface area contributed by atoms with E-state index in [1.807, 2.05) is 0 Å². The van der Waals surface area contributed by atoms with Crippen molar-refractivity contribution in [3.05, 3.63) is 0 Å². The molecule has 0 aliphatic rings. The number of nitrogens with zero attached hydrogens (tertiary/aromatic N) is 1. The fraction of sp³-hybridized carbons (Fsp3) is 0.800. The highest BCUT2D eigenvalue weighted by Gasteiger charge is 2.45. The highest BCUT2D eigenvalue weighted by molar-refractivity contribution is 7.80. The minimum atomic E-state index is -4.24. The van der Waals surface area contributed by atoms with Crippen LogP contribution in [-0.4, -0.2) is 25.6 Å². The van der Waals surface area contributed by atoms with Crippen molar-refractivity contribution in [2.75, 3.05) is 0 Å². The lowest BCUT2D eigenvalue weighted by atomic mass is 10.2. The minimum absolute atomic E-state index is 0.799. The molecule has 0 saturated heterocycles. The second-order valence-electron chi connectivity index (χ2n) is 2.12. The first kappa shape index (κ1) is 12.7. The molecule has 3 atom stereocenters. The molecule has 0 aromatic heterocycles. The highest BCUT2D eigenvalue weighted by atomic mass is 35.5. The molecule has 0 aliphatic heterocycles. The molecule has 0 fully saturated rings. The van der Waals surface area contributed by atoms with Gasteiger partial charge in [0, 0.05) is 0 Å². The van der Waals surface area contributed by atoms with E-state index in [0.29, 0.717) is 0 Å². The summed E-state index contributed by atoms with van der Waals surface area (Å²) in [6, 6.07) is 1.32. The zero-order chi connectivity index (χ0) is 10.6. The lowest BCUT2D eigenvalue weighted by Gasteiger charge is -2.18. The van der Waals surface area contributed by atoms with Crippen LogP contribution in [0.3, 0.4) is 0 Å². The summed E-state index contributed by atoms with van der Waals surface area (Å²) >= 11 is 1.45. The second-order valence-corrected chi connectivity index (χ2v) is 3.78. The molecule has 0 bridgehead atoms. The Morgan fingerprint density at radius 3 is 2.38 bits per heavy atom. The van der Waals surface area contributed by atoms with E-state index in [1.54, 1.807) is 0 Å². The molecule has 3 nitrogen and oxygen atoms in total. The lowest BCUT2D eigenvalue weighted by molar-refractivity contribution is 0.00514. The van der Waals surface area contributed by atoms with Crippen molar-refractivity contribution < 1.29 is 21.9 Å². The third kappa shape index (κ3) is 3.93. The minimum Gasteiger partial charge on any atom is -0.306 e. The normalized spacial score (nSPS) is 18.8. The van der Waals surface area contributed by atoms with Crippen LogP contribution in [0.2, 0.25) is 0 Å². The van der Waals surface area contributed by atoms with Crippen LogP contribution in [0.5, 0.6) is 0 Å². The van der Waals surface area contributed by atoms with E-state index < -0.39 is 34.3 Å². The van der Waals surface area contributed by atoms with E-state index in [0.717, 1.165) is 0 Å². The molecule has 0 heterocycles. The summed E-state index contributed by atoms with van der Waals surface area (Å²) in [5, 5.41) is 1.83. The summed E-state index contributed by atoms with van der Waals surface area (Å²) in [6.07, 6.45) is -3.81. The number of hydrogen-bond donors (Lipinski definition) is 1. The van der Waals surface area contributed by atoms with E-state index in [1.165, 1.54) is 6.07 Å². The molecular weight excluding hydrogens is 231 g/mol. The molecule has 1 N–H and O–H groups in total. The van der Waals surface area contributed by atoms with Crippen molar-refractivity contribution in [3.8, 4) is 6.07 Å². The number of halogens is 4. The monoisotopic (exact) mass is 235 g/mol. The molecule has 0 spiro atoms. The van der Waals surface area contributed by atoms with Crippen molar-refractivity contribution in [3.63, 3.8) is 0 Å². The number of hydrogen-bond acceptors (Lipinski definition) is 2. The summed E-state index contributed by atoms with van der Waals surface area (Å²) in [7, 11) is 0. The molecule has 3 unspecified atom stereocenters. The van der Waals surface area contributed by atoms with Crippen molar-refractivity contribution in [1.29, 1.82) is 5.26 Å². The van der Waals surface area contributed by atoms with Gasteiger partial charge in [0.25, 0.3) is 0 Å². The van der Waals surface area contributed by atoms with Gasteiger partial charge in [-0.05, 0) is 11.6 Å². The molecule has 0 saturated carbocycles. The fourth-order valence-electron chi connectivity index (χ4n) is 0.578. The Labute approximate surface area is 79.8 Å². The standard InChI is InChI=1S/C5H5ClF3NO2S/c6-5(8,9)4(7)3(1-2-10)13(11)12/h3-4H,1H2,(H,11,12). The van der Waals surface area contributed by atoms with Crippen molar-refractivity contribution in [2.45, 2.75) is 23.2 Å². The van der Waals surface area contributed by atoms with E-state index in [4.69, 9.17) is 9.81 Å². The van der Waals surface area contributed by atoms with Gasteiger partial charge in [0.2, 0.25) is 0 Å². The van der Waals surface area contributed by atoms with Gasteiger partial charge in [-0.2, -0.15) is 14.0 Å². The third-order valence-corrected chi connectivity index (χ3v) is 2.32. The van der Waals surface area contributed by atoms with Crippen molar-refractivity contribution in [1.82, 2.24) is 0 Å². The van der Waals surface area contributed by atoms with Gasteiger partial charge in [-0.1, -0.05) is 0 Å². The lowest BCUT2D eigenvalue weighted by Crippen LogP contribution is -2.37.